The van der Waals surface area contributed by atoms with Crippen molar-refractivity contribution in [1.82, 2.24) is 18.7 Å². The zero-order valence-electron chi connectivity index (χ0n) is 16.8. The number of nitrogens with one attached hydrogen (secondary N) is 1. The fourth-order valence-electron chi connectivity index (χ4n) is 4.28. The number of aryl methyl sites for hydroxylation is 1. The molecule has 1 fully saturated rings. The molecule has 0 bridgehead atoms. The Kier molecular flexibility index (Phi) is 4.93. The number of benzene rings is 1. The molecule has 148 valence electrons. The lowest BCUT2D eigenvalue weighted by Gasteiger charge is -2.30. The summed E-state index contributed by atoms with van der Waals surface area (Å²) in [7, 11) is 3.21. The van der Waals surface area contributed by atoms with E-state index in [1.807, 2.05) is 22.8 Å². The van der Waals surface area contributed by atoms with Gasteiger partial charge < -0.3 is 9.47 Å². The summed E-state index contributed by atoms with van der Waals surface area (Å²) < 4.78 is 4.67. The Bertz CT molecular complexity index is 1110. The number of piperidine rings is 1. The first-order valence-corrected chi connectivity index (χ1v) is 10.0. The highest BCUT2D eigenvalue weighted by molar-refractivity contribution is 5.71. The van der Waals surface area contributed by atoms with Gasteiger partial charge in [-0.3, -0.25) is 13.9 Å². The molecule has 1 aromatic carbocycles. The molecule has 0 spiro atoms. The predicted molar refractivity (Wildman–Crippen MR) is 109 cm³/mol. The van der Waals surface area contributed by atoms with E-state index >= 15 is 0 Å². The van der Waals surface area contributed by atoms with Crippen LogP contribution in [0.1, 0.15) is 37.6 Å². The molecule has 1 N–H and O–H groups in total. The molecule has 1 saturated heterocycles. The first-order valence-electron chi connectivity index (χ1n) is 10.0. The van der Waals surface area contributed by atoms with E-state index in [1.54, 1.807) is 7.05 Å². The van der Waals surface area contributed by atoms with E-state index in [4.69, 9.17) is 4.98 Å². The highest BCUT2D eigenvalue weighted by atomic mass is 16.2. The van der Waals surface area contributed by atoms with Gasteiger partial charge in [-0.1, -0.05) is 30.3 Å². The molecule has 0 aliphatic carbocycles. The maximum absolute atomic E-state index is 13.0. The molecule has 28 heavy (non-hydrogen) atoms. The minimum atomic E-state index is -0.341. The minimum absolute atomic E-state index is 0.283. The summed E-state index contributed by atoms with van der Waals surface area (Å²) in [4.78, 5) is 31.6. The van der Waals surface area contributed by atoms with Gasteiger partial charge >= 0.3 is 5.69 Å². The Hall–Kier alpha value is -2.67. The van der Waals surface area contributed by atoms with E-state index in [9.17, 15) is 9.59 Å². The Morgan fingerprint density at radius 1 is 1.11 bits per heavy atom. The minimum Gasteiger partial charge on any atom is -0.326 e. The van der Waals surface area contributed by atoms with Gasteiger partial charge in [0, 0.05) is 20.6 Å². The number of aromatic nitrogens is 4. The Morgan fingerprint density at radius 3 is 2.57 bits per heavy atom. The van der Waals surface area contributed by atoms with Gasteiger partial charge in [-0.2, -0.15) is 0 Å². The van der Waals surface area contributed by atoms with Gasteiger partial charge in [-0.25, -0.2) is 9.78 Å². The molecule has 7 heteroatoms. The van der Waals surface area contributed by atoms with Crippen LogP contribution in [0.2, 0.25) is 0 Å². The molecule has 2 aromatic heterocycles. The fourth-order valence-corrected chi connectivity index (χ4v) is 4.28. The molecule has 3 heterocycles. The van der Waals surface area contributed by atoms with Gasteiger partial charge in [-0.05, 0) is 31.7 Å². The number of hydrogen-bond acceptors (Lipinski definition) is 3. The SMILES string of the molecule is C[C@H]1CCCC[NH+]1Cc1nc2c(c(=O)n(C)c(=O)n2C)n1Cc1ccccc1. The van der Waals surface area contributed by atoms with Crippen molar-refractivity contribution >= 4 is 11.2 Å². The zero-order valence-corrected chi connectivity index (χ0v) is 16.8. The molecule has 1 unspecified atom stereocenters. The van der Waals surface area contributed by atoms with Crippen molar-refractivity contribution in [3.63, 3.8) is 0 Å². The molecule has 7 nitrogen and oxygen atoms in total. The molecule has 1 aliphatic heterocycles. The summed E-state index contributed by atoms with van der Waals surface area (Å²) in [6.07, 6.45) is 3.72. The van der Waals surface area contributed by atoms with Crippen LogP contribution < -0.4 is 16.1 Å². The highest BCUT2D eigenvalue weighted by Crippen LogP contribution is 2.14. The van der Waals surface area contributed by atoms with Crippen molar-refractivity contribution < 1.29 is 4.90 Å². The number of quaternary nitrogens is 1. The van der Waals surface area contributed by atoms with E-state index in [-0.39, 0.29) is 11.2 Å². The first-order chi connectivity index (χ1) is 13.5. The second-order valence-electron chi connectivity index (χ2n) is 7.96. The largest absolute Gasteiger partial charge is 0.332 e. The average molecular weight is 382 g/mol. The Balaban J connectivity index is 1.88. The van der Waals surface area contributed by atoms with Crippen LogP contribution in [0.5, 0.6) is 0 Å². The van der Waals surface area contributed by atoms with Crippen molar-refractivity contribution in [2.45, 2.75) is 45.3 Å². The van der Waals surface area contributed by atoms with Crippen LogP contribution in [0, 0.1) is 0 Å². The smallest absolute Gasteiger partial charge is 0.326 e. The first kappa shape index (κ1) is 18.7. The zero-order chi connectivity index (χ0) is 19.8. The van der Waals surface area contributed by atoms with Crippen LogP contribution in [0.3, 0.4) is 0 Å². The van der Waals surface area contributed by atoms with E-state index < -0.39 is 0 Å². The lowest BCUT2D eigenvalue weighted by Crippen LogP contribution is -3.15. The normalized spacial score (nSPS) is 20.0. The van der Waals surface area contributed by atoms with Gasteiger partial charge in [0.25, 0.3) is 5.56 Å². The summed E-state index contributed by atoms with van der Waals surface area (Å²) >= 11 is 0. The summed E-state index contributed by atoms with van der Waals surface area (Å²) in [5.41, 5.74) is 1.47. The van der Waals surface area contributed by atoms with Crippen molar-refractivity contribution in [2.24, 2.45) is 14.1 Å². The summed E-state index contributed by atoms with van der Waals surface area (Å²) in [5.74, 6) is 0.876. The quantitative estimate of drug-likeness (QED) is 0.712. The standard InChI is InChI=1S/C21H27N5O2/c1-15-9-7-8-12-25(15)14-17-22-19-18(20(27)24(3)21(28)23(19)2)26(17)13-16-10-5-4-6-11-16/h4-6,10-11,15H,7-9,12-14H2,1-3H3/p+1/t15-/m0/s1. The van der Waals surface area contributed by atoms with Gasteiger partial charge in [0.05, 0.1) is 12.6 Å². The number of rotatable bonds is 4. The molecule has 1 aliphatic rings. The lowest BCUT2D eigenvalue weighted by atomic mass is 10.0. The van der Waals surface area contributed by atoms with E-state index in [2.05, 4.69) is 19.1 Å². The van der Waals surface area contributed by atoms with Gasteiger partial charge in [0.1, 0.15) is 6.54 Å². The van der Waals surface area contributed by atoms with Gasteiger partial charge in [-0.15, -0.1) is 0 Å². The third-order valence-electron chi connectivity index (χ3n) is 6.08. The van der Waals surface area contributed by atoms with Crippen molar-refractivity contribution in [3.8, 4) is 0 Å². The number of likely N-dealkylation sites (tertiary alicyclic amines) is 1. The van der Waals surface area contributed by atoms with Crippen LogP contribution >= 0.6 is 0 Å². The molecular weight excluding hydrogens is 354 g/mol. The average Bonchev–Trinajstić information content (AvgIpc) is 3.05. The van der Waals surface area contributed by atoms with Crippen LogP contribution in [-0.2, 0) is 27.2 Å². The second kappa shape index (κ2) is 7.39. The van der Waals surface area contributed by atoms with Gasteiger partial charge in [0.15, 0.2) is 17.0 Å². The Morgan fingerprint density at radius 2 is 1.86 bits per heavy atom. The molecule has 0 saturated carbocycles. The van der Waals surface area contributed by atoms with Crippen molar-refractivity contribution in [3.05, 3.63) is 62.6 Å². The lowest BCUT2D eigenvalue weighted by molar-refractivity contribution is -0.942. The van der Waals surface area contributed by atoms with Crippen LogP contribution in [0.4, 0.5) is 0 Å². The molecule has 3 aromatic rings. The molecule has 0 amide bonds. The molecular formula is C21H28N5O2+. The third-order valence-corrected chi connectivity index (χ3v) is 6.08. The monoisotopic (exact) mass is 382 g/mol. The van der Waals surface area contributed by atoms with E-state index in [0.29, 0.717) is 23.8 Å². The number of imidazole rings is 1. The van der Waals surface area contributed by atoms with Crippen molar-refractivity contribution in [1.29, 1.82) is 0 Å². The number of hydrogen-bond donors (Lipinski definition) is 1. The predicted octanol–water partition coefficient (Wildman–Crippen LogP) is 0.439. The Labute approximate surface area is 163 Å². The maximum atomic E-state index is 13.0. The van der Waals surface area contributed by atoms with E-state index in [1.165, 1.54) is 40.3 Å². The van der Waals surface area contributed by atoms with Gasteiger partial charge in [0.2, 0.25) is 0 Å². The second-order valence-corrected chi connectivity index (χ2v) is 7.96. The topological polar surface area (TPSA) is 66.3 Å². The molecule has 2 atom stereocenters. The van der Waals surface area contributed by atoms with Crippen LogP contribution in [0.25, 0.3) is 11.2 Å². The van der Waals surface area contributed by atoms with Crippen LogP contribution in [-0.4, -0.2) is 31.3 Å². The van der Waals surface area contributed by atoms with Crippen LogP contribution in [0.15, 0.2) is 39.9 Å². The molecule has 0 radical (unpaired) electrons. The van der Waals surface area contributed by atoms with E-state index in [0.717, 1.165) is 24.5 Å². The number of nitrogens with zero attached hydrogens (tertiary/aromatic N) is 4. The highest BCUT2D eigenvalue weighted by Gasteiger charge is 2.26. The summed E-state index contributed by atoms with van der Waals surface area (Å²) in [6, 6.07) is 10.7. The fraction of sp³-hybridized carbons (Fsp3) is 0.476. The summed E-state index contributed by atoms with van der Waals surface area (Å²) in [5, 5.41) is 0. The van der Waals surface area contributed by atoms with Crippen molar-refractivity contribution in [2.75, 3.05) is 6.54 Å². The summed E-state index contributed by atoms with van der Waals surface area (Å²) in [6.45, 7) is 4.74. The maximum Gasteiger partial charge on any atom is 0.332 e. The number of fused-ring (bicyclic) bond motifs is 1. The molecule has 4 rings (SSSR count). The third kappa shape index (κ3) is 3.20.